The summed E-state index contributed by atoms with van der Waals surface area (Å²) in [5.41, 5.74) is 0. The zero-order valence-corrected chi connectivity index (χ0v) is 18.6. The highest BCUT2D eigenvalue weighted by atomic mass is 127. The molecule has 7 heteroatoms. The first-order chi connectivity index (χ1) is 10.7. The van der Waals surface area contributed by atoms with Crippen LogP contribution < -0.4 is 5.32 Å². The minimum atomic E-state index is -2.81. The van der Waals surface area contributed by atoms with E-state index >= 15 is 0 Å². The molecule has 24 heavy (non-hydrogen) atoms. The molecule has 0 aromatic carbocycles. The zero-order valence-electron chi connectivity index (χ0n) is 15.5. The first kappa shape index (κ1) is 22.0. The van der Waals surface area contributed by atoms with Crippen LogP contribution >= 0.6 is 24.0 Å². The number of halogens is 1. The summed E-state index contributed by atoms with van der Waals surface area (Å²) in [5.74, 6) is 3.29. The van der Waals surface area contributed by atoms with E-state index in [1.807, 2.05) is 0 Å². The molecule has 2 heterocycles. The predicted molar refractivity (Wildman–Crippen MR) is 112 cm³/mol. The molecular formula is C17H34IN3O2S. The lowest BCUT2D eigenvalue weighted by Gasteiger charge is -2.24. The first-order valence-electron chi connectivity index (χ1n) is 9.01. The Kier molecular flexibility index (Phi) is 8.79. The molecule has 2 aliphatic heterocycles. The molecule has 2 saturated heterocycles. The number of aliphatic imine (C=N–C) groups is 1. The van der Waals surface area contributed by atoms with E-state index in [0.717, 1.165) is 37.3 Å². The highest BCUT2D eigenvalue weighted by Crippen LogP contribution is 2.24. The zero-order chi connectivity index (χ0) is 17.0. The summed E-state index contributed by atoms with van der Waals surface area (Å²) in [6, 6.07) is 0.338. The van der Waals surface area contributed by atoms with Gasteiger partial charge in [0.25, 0.3) is 0 Å². The fourth-order valence-electron chi connectivity index (χ4n) is 3.61. The summed E-state index contributed by atoms with van der Waals surface area (Å²) in [7, 11) is -2.81. The first-order valence-corrected chi connectivity index (χ1v) is 10.8. The van der Waals surface area contributed by atoms with Gasteiger partial charge in [-0.3, -0.25) is 4.99 Å². The Balaban J connectivity index is 0.00000288. The Labute approximate surface area is 165 Å². The maximum absolute atomic E-state index is 11.6. The molecule has 0 aliphatic carbocycles. The van der Waals surface area contributed by atoms with E-state index in [1.54, 1.807) is 0 Å². The number of nitrogens with one attached hydrogen (secondary N) is 1. The predicted octanol–water partition coefficient (Wildman–Crippen LogP) is 2.76. The molecule has 142 valence electrons. The minimum Gasteiger partial charge on any atom is -0.354 e. The van der Waals surface area contributed by atoms with Crippen molar-refractivity contribution in [3.63, 3.8) is 0 Å². The van der Waals surface area contributed by atoms with Crippen LogP contribution in [0.15, 0.2) is 4.99 Å². The fourth-order valence-corrected chi connectivity index (χ4v) is 5.46. The van der Waals surface area contributed by atoms with Gasteiger partial charge in [0.05, 0.1) is 11.5 Å². The van der Waals surface area contributed by atoms with E-state index in [2.05, 4.69) is 37.9 Å². The monoisotopic (exact) mass is 471 g/mol. The number of guanidine groups is 1. The second-order valence-electron chi connectivity index (χ2n) is 7.96. The highest BCUT2D eigenvalue weighted by Gasteiger charge is 2.29. The summed E-state index contributed by atoms with van der Waals surface area (Å²) in [5, 5.41) is 3.47. The summed E-state index contributed by atoms with van der Waals surface area (Å²) >= 11 is 0. The highest BCUT2D eigenvalue weighted by molar-refractivity contribution is 14.0. The molecule has 0 aromatic rings. The van der Waals surface area contributed by atoms with Gasteiger partial charge in [-0.25, -0.2) is 8.42 Å². The molecule has 0 spiro atoms. The third-order valence-electron chi connectivity index (χ3n) is 4.63. The Morgan fingerprint density at radius 3 is 2.46 bits per heavy atom. The van der Waals surface area contributed by atoms with Crippen molar-refractivity contribution >= 4 is 39.8 Å². The third kappa shape index (κ3) is 7.06. The van der Waals surface area contributed by atoms with E-state index in [9.17, 15) is 8.42 Å². The molecule has 2 atom stereocenters. The van der Waals surface area contributed by atoms with Gasteiger partial charge >= 0.3 is 0 Å². The fraction of sp³-hybridized carbons (Fsp3) is 0.941. The Morgan fingerprint density at radius 2 is 1.92 bits per heavy atom. The molecule has 1 N–H and O–H groups in total. The van der Waals surface area contributed by atoms with Crippen LogP contribution in [-0.2, 0) is 9.84 Å². The van der Waals surface area contributed by atoms with Crippen LogP contribution in [0.25, 0.3) is 0 Å². The van der Waals surface area contributed by atoms with Crippen molar-refractivity contribution in [2.24, 2.45) is 22.7 Å². The van der Waals surface area contributed by atoms with Gasteiger partial charge in [-0.05, 0) is 50.9 Å². The SMILES string of the molecule is CC(C)CC1CCN(C(=NCC2CCS(=O)(=O)C2)NC(C)C)C1.I. The van der Waals surface area contributed by atoms with E-state index in [0.29, 0.717) is 24.1 Å². The quantitative estimate of drug-likeness (QED) is 0.381. The lowest BCUT2D eigenvalue weighted by atomic mass is 9.97. The molecule has 2 fully saturated rings. The van der Waals surface area contributed by atoms with Crippen molar-refractivity contribution in [1.29, 1.82) is 0 Å². The minimum absolute atomic E-state index is 0. The smallest absolute Gasteiger partial charge is 0.194 e. The standard InChI is InChI=1S/C17H33N3O2S.HI/c1-13(2)9-15-5-7-20(11-15)17(19-14(3)4)18-10-16-6-8-23(21,22)12-16;/h13-16H,5-12H2,1-4H3,(H,18,19);1H. The topological polar surface area (TPSA) is 61.8 Å². The van der Waals surface area contributed by atoms with Crippen molar-refractivity contribution in [3.05, 3.63) is 0 Å². The Bertz CT molecular complexity index is 520. The van der Waals surface area contributed by atoms with Gasteiger partial charge < -0.3 is 10.2 Å². The summed E-state index contributed by atoms with van der Waals surface area (Å²) < 4.78 is 23.2. The molecule has 0 bridgehead atoms. The van der Waals surface area contributed by atoms with Gasteiger partial charge in [-0.2, -0.15) is 0 Å². The number of hydrogen-bond acceptors (Lipinski definition) is 3. The van der Waals surface area contributed by atoms with Crippen LogP contribution in [0.2, 0.25) is 0 Å². The largest absolute Gasteiger partial charge is 0.354 e. The summed E-state index contributed by atoms with van der Waals surface area (Å²) in [6.45, 7) is 11.6. The molecule has 0 amide bonds. The van der Waals surface area contributed by atoms with Gasteiger partial charge in [0.1, 0.15) is 0 Å². The Hall–Kier alpha value is -0.0500. The van der Waals surface area contributed by atoms with Crippen molar-refractivity contribution in [3.8, 4) is 0 Å². The lowest BCUT2D eigenvalue weighted by molar-refractivity contribution is 0.400. The molecular weight excluding hydrogens is 437 g/mol. The molecule has 0 saturated carbocycles. The van der Waals surface area contributed by atoms with Crippen molar-refractivity contribution in [2.75, 3.05) is 31.1 Å². The van der Waals surface area contributed by atoms with Gasteiger partial charge in [0.15, 0.2) is 15.8 Å². The molecule has 2 rings (SSSR count). The van der Waals surface area contributed by atoms with E-state index in [1.165, 1.54) is 12.8 Å². The number of hydrogen-bond donors (Lipinski definition) is 1. The second-order valence-corrected chi connectivity index (χ2v) is 10.2. The normalized spacial score (nSPS) is 26.9. The number of sulfone groups is 1. The Morgan fingerprint density at radius 1 is 1.21 bits per heavy atom. The van der Waals surface area contributed by atoms with Crippen LogP contribution in [0.4, 0.5) is 0 Å². The van der Waals surface area contributed by atoms with Crippen LogP contribution in [0.1, 0.15) is 47.0 Å². The van der Waals surface area contributed by atoms with Crippen molar-refractivity contribution < 1.29 is 8.42 Å². The molecule has 0 radical (unpaired) electrons. The van der Waals surface area contributed by atoms with Gasteiger partial charge in [-0.1, -0.05) is 13.8 Å². The second kappa shape index (κ2) is 9.59. The van der Waals surface area contributed by atoms with Gasteiger partial charge in [0.2, 0.25) is 0 Å². The summed E-state index contributed by atoms with van der Waals surface area (Å²) in [6.07, 6.45) is 3.26. The maximum atomic E-state index is 11.6. The van der Waals surface area contributed by atoms with E-state index in [-0.39, 0.29) is 29.9 Å². The average Bonchev–Trinajstić information content (AvgIpc) is 3.00. The molecule has 2 aliphatic rings. The van der Waals surface area contributed by atoms with Crippen LogP contribution in [-0.4, -0.2) is 56.5 Å². The average molecular weight is 471 g/mol. The van der Waals surface area contributed by atoms with Crippen molar-refractivity contribution in [1.82, 2.24) is 10.2 Å². The molecule has 2 unspecified atom stereocenters. The number of rotatable bonds is 5. The number of likely N-dealkylation sites (tertiary alicyclic amines) is 1. The number of nitrogens with zero attached hydrogens (tertiary/aromatic N) is 2. The molecule has 5 nitrogen and oxygen atoms in total. The van der Waals surface area contributed by atoms with E-state index in [4.69, 9.17) is 4.99 Å². The molecule has 0 aromatic heterocycles. The van der Waals surface area contributed by atoms with Crippen molar-refractivity contribution in [2.45, 2.75) is 53.0 Å². The maximum Gasteiger partial charge on any atom is 0.194 e. The lowest BCUT2D eigenvalue weighted by Crippen LogP contribution is -2.43. The van der Waals surface area contributed by atoms with Gasteiger partial charge in [-0.15, -0.1) is 24.0 Å². The third-order valence-corrected chi connectivity index (χ3v) is 6.47. The van der Waals surface area contributed by atoms with Crippen LogP contribution in [0.5, 0.6) is 0 Å². The van der Waals surface area contributed by atoms with Crippen LogP contribution in [0, 0.1) is 17.8 Å². The van der Waals surface area contributed by atoms with Crippen LogP contribution in [0.3, 0.4) is 0 Å². The van der Waals surface area contributed by atoms with Gasteiger partial charge in [0, 0.05) is 25.7 Å². The summed E-state index contributed by atoms with van der Waals surface area (Å²) in [4.78, 5) is 7.13. The van der Waals surface area contributed by atoms with E-state index < -0.39 is 9.84 Å².